The molecule has 0 saturated carbocycles. The second-order valence-corrected chi connectivity index (χ2v) is 2.51. The number of rotatable bonds is 3. The first-order valence-corrected chi connectivity index (χ1v) is 5.37. The van der Waals surface area contributed by atoms with Gasteiger partial charge in [0.05, 0.1) is 0 Å². The molecule has 0 bridgehead atoms. The quantitative estimate of drug-likeness (QED) is 0.678. The Labute approximate surface area is 84.1 Å². The molecule has 2 heteroatoms. The van der Waals surface area contributed by atoms with E-state index >= 15 is 0 Å². The summed E-state index contributed by atoms with van der Waals surface area (Å²) in [6.07, 6.45) is 5.54. The number of carbonyl (C=O) groups excluding carboxylic acids is 1. The highest BCUT2D eigenvalue weighted by atomic mass is 16.1. The lowest BCUT2D eigenvalue weighted by Crippen LogP contribution is -2.11. The Kier molecular flexibility index (Phi) is 31.7. The van der Waals surface area contributed by atoms with Gasteiger partial charge < -0.3 is 5.32 Å². The monoisotopic (exact) mass is 189 g/mol. The lowest BCUT2D eigenvalue weighted by Gasteiger charge is -1.86. The van der Waals surface area contributed by atoms with E-state index in [2.05, 4.69) is 19.2 Å². The van der Waals surface area contributed by atoms with Crippen LogP contribution in [-0.4, -0.2) is 13.0 Å². The van der Waals surface area contributed by atoms with Gasteiger partial charge >= 0.3 is 0 Å². The van der Waals surface area contributed by atoms with Crippen LogP contribution in [0, 0.1) is 0 Å². The third-order valence-corrected chi connectivity index (χ3v) is 1.31. The number of amides is 1. The van der Waals surface area contributed by atoms with Crippen LogP contribution >= 0.6 is 0 Å². The Morgan fingerprint density at radius 1 is 1.08 bits per heavy atom. The molecule has 0 fully saturated rings. The van der Waals surface area contributed by atoms with E-state index in [-0.39, 0.29) is 5.91 Å². The summed E-state index contributed by atoms with van der Waals surface area (Å²) < 4.78 is 0. The van der Waals surface area contributed by atoms with Gasteiger partial charge in [-0.25, -0.2) is 0 Å². The highest BCUT2D eigenvalue weighted by Crippen LogP contribution is 1.95. The van der Waals surface area contributed by atoms with Crippen LogP contribution in [0.1, 0.15) is 60.3 Å². The summed E-state index contributed by atoms with van der Waals surface area (Å²) in [5, 5.41) is 2.39. The van der Waals surface area contributed by atoms with Crippen molar-refractivity contribution in [1.82, 2.24) is 5.32 Å². The first-order valence-electron chi connectivity index (χ1n) is 5.37. The summed E-state index contributed by atoms with van der Waals surface area (Å²) in [6, 6.07) is 0. The van der Waals surface area contributed by atoms with Gasteiger partial charge in [-0.15, -0.1) is 0 Å². The lowest BCUT2D eigenvalue weighted by molar-refractivity contribution is -0.118. The fraction of sp³-hybridized carbons (Fsp3) is 0.909. The van der Waals surface area contributed by atoms with Crippen molar-refractivity contribution in [1.29, 1.82) is 0 Å². The van der Waals surface area contributed by atoms with Crippen LogP contribution in [0.5, 0.6) is 0 Å². The molecule has 0 aliphatic carbocycles. The largest absolute Gasteiger partial charge is 0.359 e. The minimum Gasteiger partial charge on any atom is -0.359 e. The minimum atomic E-state index is 0.00463. The molecule has 0 aliphatic heterocycles. The number of carbonyl (C=O) groups is 1. The Balaban J connectivity index is -0.000000131. The predicted molar refractivity (Wildman–Crippen MR) is 60.9 cm³/mol. The molecular weight excluding hydrogens is 162 g/mol. The molecule has 0 rings (SSSR count). The van der Waals surface area contributed by atoms with Crippen LogP contribution in [0.2, 0.25) is 0 Å². The smallest absolute Gasteiger partial charge is 0.216 e. The SMILES string of the molecule is CC.CCCCCC.CNC(C)=O. The maximum atomic E-state index is 9.70. The van der Waals surface area contributed by atoms with E-state index in [0.717, 1.165) is 0 Å². The second kappa shape index (κ2) is 22.5. The maximum absolute atomic E-state index is 9.70. The van der Waals surface area contributed by atoms with Gasteiger partial charge in [0.25, 0.3) is 0 Å². The van der Waals surface area contributed by atoms with Crippen molar-refractivity contribution in [2.75, 3.05) is 7.05 Å². The van der Waals surface area contributed by atoms with E-state index in [4.69, 9.17) is 0 Å². The van der Waals surface area contributed by atoms with Crippen LogP contribution in [0.25, 0.3) is 0 Å². The molecule has 0 aromatic rings. The van der Waals surface area contributed by atoms with E-state index in [1.54, 1.807) is 7.05 Å². The van der Waals surface area contributed by atoms with E-state index in [0.29, 0.717) is 0 Å². The Bertz CT molecular complexity index is 78.2. The van der Waals surface area contributed by atoms with E-state index in [1.807, 2.05) is 13.8 Å². The summed E-state index contributed by atoms with van der Waals surface area (Å²) >= 11 is 0. The fourth-order valence-corrected chi connectivity index (χ4v) is 0.500. The van der Waals surface area contributed by atoms with Crippen LogP contribution < -0.4 is 5.32 Å². The summed E-state index contributed by atoms with van der Waals surface area (Å²) in [5.41, 5.74) is 0. The van der Waals surface area contributed by atoms with Gasteiger partial charge in [-0.3, -0.25) is 4.79 Å². The third kappa shape index (κ3) is 51.5. The van der Waals surface area contributed by atoms with Crippen molar-refractivity contribution in [2.24, 2.45) is 0 Å². The van der Waals surface area contributed by atoms with Crippen molar-refractivity contribution in [3.05, 3.63) is 0 Å². The molecule has 0 atom stereocenters. The first-order chi connectivity index (χ1) is 6.18. The topological polar surface area (TPSA) is 29.1 Å². The normalized spacial score (nSPS) is 7.23. The van der Waals surface area contributed by atoms with E-state index in [9.17, 15) is 4.79 Å². The van der Waals surface area contributed by atoms with Gasteiger partial charge in [0, 0.05) is 14.0 Å². The molecule has 1 N–H and O–H groups in total. The molecule has 0 heterocycles. The highest BCUT2D eigenvalue weighted by Gasteiger charge is 1.75. The highest BCUT2D eigenvalue weighted by molar-refractivity contribution is 5.72. The molecule has 1 amide bonds. The molecular formula is C11H27NO. The lowest BCUT2D eigenvalue weighted by atomic mass is 10.2. The van der Waals surface area contributed by atoms with Gasteiger partial charge in [0.15, 0.2) is 0 Å². The number of hydrogen-bond acceptors (Lipinski definition) is 1. The summed E-state index contributed by atoms with van der Waals surface area (Å²) in [6.45, 7) is 9.94. The van der Waals surface area contributed by atoms with Crippen molar-refractivity contribution < 1.29 is 4.79 Å². The van der Waals surface area contributed by atoms with Crippen LogP contribution in [0.3, 0.4) is 0 Å². The Hall–Kier alpha value is -0.530. The molecule has 0 radical (unpaired) electrons. The second-order valence-electron chi connectivity index (χ2n) is 2.51. The van der Waals surface area contributed by atoms with Gasteiger partial charge in [0.2, 0.25) is 5.91 Å². The summed E-state index contributed by atoms with van der Waals surface area (Å²) in [4.78, 5) is 9.70. The first kappa shape index (κ1) is 18.3. The molecule has 0 unspecified atom stereocenters. The van der Waals surface area contributed by atoms with Gasteiger partial charge in [-0.05, 0) is 0 Å². The Morgan fingerprint density at radius 3 is 1.38 bits per heavy atom. The zero-order valence-corrected chi connectivity index (χ0v) is 10.2. The van der Waals surface area contributed by atoms with E-state index in [1.165, 1.54) is 32.6 Å². The number of nitrogens with one attached hydrogen (secondary N) is 1. The molecule has 0 aromatic carbocycles. The molecule has 0 spiro atoms. The van der Waals surface area contributed by atoms with Crippen molar-refractivity contribution >= 4 is 5.91 Å². The van der Waals surface area contributed by atoms with Crippen LogP contribution in [0.15, 0.2) is 0 Å². The summed E-state index contributed by atoms with van der Waals surface area (Å²) in [5.74, 6) is 0.00463. The molecule has 82 valence electrons. The number of unbranched alkanes of at least 4 members (excludes halogenated alkanes) is 3. The standard InChI is InChI=1S/C6H14.C3H7NO.C2H6/c1-3-5-6-4-2;1-3(5)4-2;1-2/h3-6H2,1-2H3;1-2H3,(H,4,5);1-2H3. The number of hydrogen-bond donors (Lipinski definition) is 1. The zero-order valence-electron chi connectivity index (χ0n) is 10.2. The molecule has 13 heavy (non-hydrogen) atoms. The molecule has 0 aliphatic rings. The predicted octanol–water partition coefficient (Wildman–Crippen LogP) is 3.37. The summed E-state index contributed by atoms with van der Waals surface area (Å²) in [7, 11) is 1.60. The maximum Gasteiger partial charge on any atom is 0.216 e. The average Bonchev–Trinajstić information content (AvgIpc) is 2.18. The van der Waals surface area contributed by atoms with Crippen molar-refractivity contribution in [3.63, 3.8) is 0 Å². The van der Waals surface area contributed by atoms with Gasteiger partial charge in [-0.2, -0.15) is 0 Å². The average molecular weight is 189 g/mol. The van der Waals surface area contributed by atoms with Crippen molar-refractivity contribution in [3.8, 4) is 0 Å². The van der Waals surface area contributed by atoms with E-state index < -0.39 is 0 Å². The molecule has 2 nitrogen and oxygen atoms in total. The minimum absolute atomic E-state index is 0.00463. The third-order valence-electron chi connectivity index (χ3n) is 1.31. The fourth-order valence-electron chi connectivity index (χ4n) is 0.500. The molecule has 0 saturated heterocycles. The van der Waals surface area contributed by atoms with Crippen LogP contribution in [-0.2, 0) is 4.79 Å². The zero-order chi connectivity index (χ0) is 11.1. The van der Waals surface area contributed by atoms with Crippen LogP contribution in [0.4, 0.5) is 0 Å². The van der Waals surface area contributed by atoms with Crippen molar-refractivity contribution in [2.45, 2.75) is 60.3 Å². The Morgan fingerprint density at radius 2 is 1.31 bits per heavy atom. The van der Waals surface area contributed by atoms with Gasteiger partial charge in [-0.1, -0.05) is 53.4 Å². The molecule has 0 aromatic heterocycles. The van der Waals surface area contributed by atoms with Gasteiger partial charge in [0.1, 0.15) is 0 Å².